The first-order valence-electron chi connectivity index (χ1n) is 3.74. The van der Waals surface area contributed by atoms with Crippen LogP contribution in [0.15, 0.2) is 12.1 Å². The van der Waals surface area contributed by atoms with E-state index < -0.39 is 17.4 Å². The van der Waals surface area contributed by atoms with Crippen LogP contribution in [0.1, 0.15) is 28.2 Å². The molecule has 0 aromatic carbocycles. The quantitative estimate of drug-likeness (QED) is 0.791. The van der Waals surface area contributed by atoms with E-state index >= 15 is 0 Å². The van der Waals surface area contributed by atoms with Crippen LogP contribution in [0.5, 0.6) is 0 Å². The molecule has 2 N–H and O–H groups in total. The lowest BCUT2D eigenvalue weighted by atomic mass is 10.2. The van der Waals surface area contributed by atoms with Gasteiger partial charge in [-0.2, -0.15) is 0 Å². The lowest BCUT2D eigenvalue weighted by molar-refractivity contribution is 0.107. The highest BCUT2D eigenvalue weighted by Crippen LogP contribution is 2.21. The molecule has 0 aliphatic carbocycles. The second-order valence-electron chi connectivity index (χ2n) is 2.52. The Hall–Kier alpha value is -1.07. The highest BCUT2D eigenvalue weighted by Gasteiger charge is 2.16. The smallest absolute Gasteiger partial charge is 0.280 e. The molecule has 0 aliphatic rings. The van der Waals surface area contributed by atoms with Crippen molar-refractivity contribution in [3.8, 4) is 0 Å². The van der Waals surface area contributed by atoms with Gasteiger partial charge in [0.15, 0.2) is 0 Å². The van der Waals surface area contributed by atoms with Crippen molar-refractivity contribution in [3.05, 3.63) is 29.1 Å². The predicted octanol–water partition coefficient (Wildman–Crippen LogP) is 1.86. The molecule has 0 amide bonds. The fraction of sp³-hybridized carbons (Fsp3) is 0.250. The summed E-state index contributed by atoms with van der Waals surface area (Å²) in [6.07, 6.45) is -2.76. The van der Waals surface area contributed by atoms with E-state index in [0.717, 1.165) is 0 Å². The van der Waals surface area contributed by atoms with Gasteiger partial charge in [0.2, 0.25) is 0 Å². The number of halogens is 3. The zero-order chi connectivity index (χ0) is 10.7. The van der Waals surface area contributed by atoms with Crippen LogP contribution < -0.4 is 5.73 Å². The number of hydrogen-bond donors (Lipinski definition) is 1. The SMILES string of the molecule is NCc1ccc(C(=O)Cl)nc1C(F)F. The number of rotatable bonds is 3. The van der Waals surface area contributed by atoms with Crippen molar-refractivity contribution >= 4 is 16.8 Å². The summed E-state index contributed by atoms with van der Waals surface area (Å²) in [6.45, 7) is -0.0522. The van der Waals surface area contributed by atoms with E-state index in [0.29, 0.717) is 0 Å². The number of nitrogens with two attached hydrogens (primary N) is 1. The zero-order valence-electron chi connectivity index (χ0n) is 7.01. The minimum Gasteiger partial charge on any atom is -0.326 e. The third kappa shape index (κ3) is 2.24. The van der Waals surface area contributed by atoms with Gasteiger partial charge in [-0.05, 0) is 23.2 Å². The standard InChI is InChI=1S/C8H7ClF2N2O/c9-7(14)5-2-1-4(3-12)6(13-5)8(10)11/h1-2,8H,3,12H2. The minimum absolute atomic E-state index is 0.0522. The van der Waals surface area contributed by atoms with Crippen molar-refractivity contribution < 1.29 is 13.6 Å². The summed E-state index contributed by atoms with van der Waals surface area (Å²) in [5, 5.41) is -0.865. The molecular formula is C8H7ClF2N2O. The molecule has 0 fully saturated rings. The summed E-state index contributed by atoms with van der Waals surface area (Å²) in [4.78, 5) is 14.1. The highest BCUT2D eigenvalue weighted by atomic mass is 35.5. The Labute approximate surface area is 83.9 Å². The van der Waals surface area contributed by atoms with Crippen molar-refractivity contribution in [2.45, 2.75) is 13.0 Å². The highest BCUT2D eigenvalue weighted by molar-refractivity contribution is 6.67. The van der Waals surface area contributed by atoms with E-state index in [4.69, 9.17) is 17.3 Å². The summed E-state index contributed by atoms with van der Waals surface area (Å²) >= 11 is 5.10. The molecule has 0 atom stereocenters. The van der Waals surface area contributed by atoms with Crippen LogP contribution in [0.2, 0.25) is 0 Å². The average molecular weight is 221 g/mol. The topological polar surface area (TPSA) is 56.0 Å². The van der Waals surface area contributed by atoms with Crippen LogP contribution in [-0.2, 0) is 6.54 Å². The van der Waals surface area contributed by atoms with Gasteiger partial charge in [0.1, 0.15) is 11.4 Å². The molecule has 1 aromatic heterocycles. The van der Waals surface area contributed by atoms with Crippen molar-refractivity contribution in [1.29, 1.82) is 0 Å². The van der Waals surface area contributed by atoms with Crippen LogP contribution in [0, 0.1) is 0 Å². The minimum atomic E-state index is -2.76. The summed E-state index contributed by atoms with van der Waals surface area (Å²) in [5.74, 6) is 0. The first-order valence-corrected chi connectivity index (χ1v) is 4.12. The summed E-state index contributed by atoms with van der Waals surface area (Å²) in [5.41, 5.74) is 4.75. The molecule has 0 aliphatic heterocycles. The van der Waals surface area contributed by atoms with Crippen molar-refractivity contribution in [2.24, 2.45) is 5.73 Å². The van der Waals surface area contributed by atoms with E-state index in [1.54, 1.807) is 0 Å². The van der Waals surface area contributed by atoms with Crippen molar-refractivity contribution in [3.63, 3.8) is 0 Å². The first kappa shape index (κ1) is 11.0. The van der Waals surface area contributed by atoms with Crippen molar-refractivity contribution in [2.75, 3.05) is 0 Å². The van der Waals surface area contributed by atoms with Gasteiger partial charge in [-0.25, -0.2) is 13.8 Å². The van der Waals surface area contributed by atoms with Crippen LogP contribution >= 0.6 is 11.6 Å². The normalized spacial score (nSPS) is 10.6. The van der Waals surface area contributed by atoms with E-state index in [2.05, 4.69) is 4.98 Å². The van der Waals surface area contributed by atoms with Crippen LogP contribution in [0.25, 0.3) is 0 Å². The molecule has 76 valence electrons. The third-order valence-electron chi connectivity index (χ3n) is 1.64. The summed E-state index contributed by atoms with van der Waals surface area (Å²) in [6, 6.07) is 2.59. The second-order valence-corrected chi connectivity index (χ2v) is 2.86. The Bertz CT molecular complexity index is 357. The molecule has 0 saturated heterocycles. The van der Waals surface area contributed by atoms with Gasteiger partial charge >= 0.3 is 0 Å². The molecule has 0 radical (unpaired) electrons. The van der Waals surface area contributed by atoms with E-state index in [9.17, 15) is 13.6 Å². The van der Waals surface area contributed by atoms with Gasteiger partial charge in [0, 0.05) is 6.54 Å². The van der Waals surface area contributed by atoms with Gasteiger partial charge in [-0.3, -0.25) is 4.79 Å². The number of carbonyl (C=O) groups is 1. The second kappa shape index (κ2) is 4.43. The Balaban J connectivity index is 3.20. The van der Waals surface area contributed by atoms with E-state index in [-0.39, 0.29) is 17.8 Å². The largest absolute Gasteiger partial charge is 0.326 e. The number of aromatic nitrogens is 1. The molecule has 1 rings (SSSR count). The third-order valence-corrected chi connectivity index (χ3v) is 1.83. The maximum atomic E-state index is 12.4. The number of nitrogens with zero attached hydrogens (tertiary/aromatic N) is 1. The van der Waals surface area contributed by atoms with E-state index in [1.807, 2.05) is 0 Å². The Morgan fingerprint density at radius 3 is 2.64 bits per heavy atom. The molecule has 0 saturated carbocycles. The van der Waals surface area contributed by atoms with Gasteiger partial charge in [-0.15, -0.1) is 0 Å². The Morgan fingerprint density at radius 1 is 1.57 bits per heavy atom. The number of carbonyl (C=O) groups excluding carboxylic acids is 1. The maximum Gasteiger partial charge on any atom is 0.280 e. The lowest BCUT2D eigenvalue weighted by Gasteiger charge is -2.06. The molecule has 0 spiro atoms. The van der Waals surface area contributed by atoms with Crippen molar-refractivity contribution in [1.82, 2.24) is 4.98 Å². The lowest BCUT2D eigenvalue weighted by Crippen LogP contribution is -2.07. The monoisotopic (exact) mass is 220 g/mol. The predicted molar refractivity (Wildman–Crippen MR) is 47.3 cm³/mol. The van der Waals surface area contributed by atoms with Crippen LogP contribution in [0.4, 0.5) is 8.78 Å². The molecule has 6 heteroatoms. The first-order chi connectivity index (χ1) is 6.56. The maximum absolute atomic E-state index is 12.4. The number of alkyl halides is 2. The van der Waals surface area contributed by atoms with E-state index in [1.165, 1.54) is 12.1 Å². The van der Waals surface area contributed by atoms with Gasteiger partial charge in [0.05, 0.1) is 0 Å². The fourth-order valence-corrected chi connectivity index (χ4v) is 1.08. The Kier molecular flexibility index (Phi) is 3.49. The zero-order valence-corrected chi connectivity index (χ0v) is 7.76. The molecule has 1 aromatic rings. The summed E-state index contributed by atoms with van der Waals surface area (Å²) < 4.78 is 24.8. The van der Waals surface area contributed by atoms with Crippen LogP contribution in [0.3, 0.4) is 0 Å². The molecule has 0 bridgehead atoms. The number of hydrogen-bond acceptors (Lipinski definition) is 3. The van der Waals surface area contributed by atoms with Gasteiger partial charge in [0.25, 0.3) is 11.7 Å². The molecule has 0 unspecified atom stereocenters. The van der Waals surface area contributed by atoms with Gasteiger partial charge in [-0.1, -0.05) is 6.07 Å². The van der Waals surface area contributed by atoms with Crippen LogP contribution in [-0.4, -0.2) is 10.2 Å². The Morgan fingerprint density at radius 2 is 2.21 bits per heavy atom. The van der Waals surface area contributed by atoms with Gasteiger partial charge < -0.3 is 5.73 Å². The molecule has 1 heterocycles. The molecule has 14 heavy (non-hydrogen) atoms. The molecular weight excluding hydrogens is 214 g/mol. The fourth-order valence-electron chi connectivity index (χ4n) is 0.975. The number of pyridine rings is 1. The molecule has 3 nitrogen and oxygen atoms in total. The summed E-state index contributed by atoms with van der Waals surface area (Å²) in [7, 11) is 0. The average Bonchev–Trinajstić information content (AvgIpc) is 2.16.